The molecule has 1 amide bonds. The maximum atomic E-state index is 13.2. The fourth-order valence-electron chi connectivity index (χ4n) is 2.63. The summed E-state index contributed by atoms with van der Waals surface area (Å²) in [5.41, 5.74) is -0.317. The van der Waals surface area contributed by atoms with E-state index in [1.54, 1.807) is 6.07 Å². The minimum atomic E-state index is -1.59. The van der Waals surface area contributed by atoms with Gasteiger partial charge in [0.25, 0.3) is 0 Å². The summed E-state index contributed by atoms with van der Waals surface area (Å²) in [5.74, 6) is -5.04. The van der Waals surface area contributed by atoms with E-state index in [1.807, 2.05) is 0 Å². The Morgan fingerprint density at radius 2 is 1.73 bits per heavy atom. The molecule has 0 aromatic heterocycles. The largest absolute Gasteiger partial charge is 0.352 e. The predicted molar refractivity (Wildman–Crippen MR) is 74.8 cm³/mol. The molecule has 0 bridgehead atoms. The van der Waals surface area contributed by atoms with Gasteiger partial charge in [-0.05, 0) is 25.0 Å². The molecule has 0 radical (unpaired) electrons. The Balaban J connectivity index is 2.11. The number of benzene rings is 1. The number of rotatable bonds is 4. The number of nitrogens with zero attached hydrogens (tertiary/aromatic N) is 1. The molecule has 1 fully saturated rings. The molecule has 0 aliphatic heterocycles. The van der Waals surface area contributed by atoms with Crippen molar-refractivity contribution in [2.45, 2.75) is 38.1 Å². The lowest BCUT2D eigenvalue weighted by Crippen LogP contribution is -2.42. The highest BCUT2D eigenvalue weighted by Crippen LogP contribution is 2.19. The summed E-state index contributed by atoms with van der Waals surface area (Å²) in [6.45, 7) is 0. The van der Waals surface area contributed by atoms with Crippen LogP contribution in [0, 0.1) is 28.9 Å². The van der Waals surface area contributed by atoms with E-state index in [4.69, 9.17) is 5.26 Å². The minimum absolute atomic E-state index is 0.0471. The Labute approximate surface area is 127 Å². The van der Waals surface area contributed by atoms with Crippen LogP contribution in [0.25, 0.3) is 0 Å². The van der Waals surface area contributed by atoms with Gasteiger partial charge < -0.3 is 5.32 Å². The Hall–Kier alpha value is -2.29. The fourth-order valence-corrected chi connectivity index (χ4v) is 2.63. The molecule has 4 nitrogen and oxygen atoms in total. The summed E-state index contributed by atoms with van der Waals surface area (Å²) in [6.07, 6.45) is 4.71. The van der Waals surface area contributed by atoms with Gasteiger partial charge in [0.1, 0.15) is 11.6 Å². The van der Waals surface area contributed by atoms with E-state index in [9.17, 15) is 18.4 Å². The third kappa shape index (κ3) is 3.88. The lowest BCUT2D eigenvalue weighted by atomic mass is 9.93. The molecule has 0 heterocycles. The Morgan fingerprint density at radius 1 is 1.14 bits per heavy atom. The molecule has 1 aliphatic rings. The normalized spacial score (nSPS) is 16.6. The average molecular weight is 306 g/mol. The molecule has 6 heteroatoms. The first-order valence-corrected chi connectivity index (χ1v) is 7.21. The van der Waals surface area contributed by atoms with Crippen LogP contribution in [0.3, 0.4) is 0 Å². The van der Waals surface area contributed by atoms with Gasteiger partial charge >= 0.3 is 0 Å². The van der Waals surface area contributed by atoms with Crippen LogP contribution in [-0.4, -0.2) is 17.7 Å². The molecule has 1 aromatic carbocycles. The lowest BCUT2D eigenvalue weighted by Gasteiger charge is -2.23. The van der Waals surface area contributed by atoms with Gasteiger partial charge in [-0.25, -0.2) is 8.78 Å². The zero-order valence-electron chi connectivity index (χ0n) is 11.9. The van der Waals surface area contributed by atoms with Crippen molar-refractivity contribution in [3.63, 3.8) is 0 Å². The van der Waals surface area contributed by atoms with Crippen LogP contribution >= 0.6 is 0 Å². The van der Waals surface area contributed by atoms with Crippen molar-refractivity contribution in [1.82, 2.24) is 5.32 Å². The number of nitriles is 1. The lowest BCUT2D eigenvalue weighted by molar-refractivity contribution is -0.123. The first kappa shape index (κ1) is 16.1. The Bertz CT molecular complexity index is 599. The first-order chi connectivity index (χ1) is 10.5. The number of halogens is 2. The van der Waals surface area contributed by atoms with Gasteiger partial charge in [-0.1, -0.05) is 19.3 Å². The van der Waals surface area contributed by atoms with E-state index in [0.29, 0.717) is 6.07 Å². The molecular formula is C16H16F2N2O2. The topological polar surface area (TPSA) is 70.0 Å². The second-order valence-corrected chi connectivity index (χ2v) is 5.43. The summed E-state index contributed by atoms with van der Waals surface area (Å²) in [7, 11) is 0. The van der Waals surface area contributed by atoms with Gasteiger partial charge in [0.05, 0.1) is 6.07 Å². The van der Waals surface area contributed by atoms with Crippen LogP contribution < -0.4 is 5.32 Å². The fraction of sp³-hybridized carbons (Fsp3) is 0.438. The molecule has 1 atom stereocenters. The van der Waals surface area contributed by atoms with Crippen LogP contribution in [0.2, 0.25) is 0 Å². The molecular weight excluding hydrogens is 290 g/mol. The molecule has 1 aliphatic carbocycles. The molecule has 0 saturated heterocycles. The minimum Gasteiger partial charge on any atom is -0.352 e. The first-order valence-electron chi connectivity index (χ1n) is 7.21. The van der Waals surface area contributed by atoms with E-state index in [-0.39, 0.29) is 11.6 Å². The highest BCUT2D eigenvalue weighted by atomic mass is 19.1. The van der Waals surface area contributed by atoms with Crippen molar-refractivity contribution in [1.29, 1.82) is 5.26 Å². The number of carbonyl (C=O) groups is 2. The van der Waals surface area contributed by atoms with Crippen molar-refractivity contribution >= 4 is 11.7 Å². The molecule has 1 saturated carbocycles. The molecule has 22 heavy (non-hydrogen) atoms. The van der Waals surface area contributed by atoms with Crippen LogP contribution in [0.4, 0.5) is 8.78 Å². The van der Waals surface area contributed by atoms with Gasteiger partial charge in [0.15, 0.2) is 11.7 Å². The van der Waals surface area contributed by atoms with Crippen LogP contribution in [0.1, 0.15) is 42.5 Å². The van der Waals surface area contributed by atoms with E-state index < -0.39 is 29.2 Å². The highest BCUT2D eigenvalue weighted by molar-refractivity contribution is 6.12. The number of ketones is 1. The standard InChI is InChI=1S/C16H16F2N2O2/c17-11-6-10(7-12(18)8-11)15(21)14(9-19)16(22)20-13-4-2-1-3-5-13/h6-8,13-14H,1-5H2,(H,20,22)/t14-/m1/s1. The van der Waals surface area contributed by atoms with Gasteiger partial charge in [-0.2, -0.15) is 5.26 Å². The van der Waals surface area contributed by atoms with E-state index >= 15 is 0 Å². The zero-order chi connectivity index (χ0) is 16.1. The molecule has 1 aromatic rings. The summed E-state index contributed by atoms with van der Waals surface area (Å²) in [4.78, 5) is 24.2. The third-order valence-electron chi connectivity index (χ3n) is 3.75. The second-order valence-electron chi connectivity index (χ2n) is 5.43. The summed E-state index contributed by atoms with van der Waals surface area (Å²) in [6, 6.07) is 3.85. The SMILES string of the molecule is N#C[C@@H](C(=O)NC1CCCCC1)C(=O)c1cc(F)cc(F)c1. The zero-order valence-corrected chi connectivity index (χ0v) is 11.9. The Morgan fingerprint density at radius 3 is 2.27 bits per heavy atom. The highest BCUT2D eigenvalue weighted by Gasteiger charge is 2.30. The number of hydrogen-bond acceptors (Lipinski definition) is 3. The predicted octanol–water partition coefficient (Wildman–Crippen LogP) is 2.74. The molecule has 0 spiro atoms. The van der Waals surface area contributed by atoms with Gasteiger partial charge in [-0.3, -0.25) is 9.59 Å². The van der Waals surface area contributed by atoms with Gasteiger partial charge in [0, 0.05) is 17.7 Å². The summed E-state index contributed by atoms with van der Waals surface area (Å²) in [5, 5.41) is 11.8. The van der Waals surface area contributed by atoms with E-state index in [2.05, 4.69) is 5.32 Å². The number of Topliss-reactive ketones (excluding diaryl/α,β-unsaturated/α-hetero) is 1. The van der Waals surface area contributed by atoms with Crippen molar-refractivity contribution in [2.24, 2.45) is 5.92 Å². The van der Waals surface area contributed by atoms with Gasteiger partial charge in [-0.15, -0.1) is 0 Å². The number of nitrogens with one attached hydrogen (secondary N) is 1. The smallest absolute Gasteiger partial charge is 0.245 e. The average Bonchev–Trinajstić information content (AvgIpc) is 2.47. The van der Waals surface area contributed by atoms with Crippen molar-refractivity contribution in [3.8, 4) is 6.07 Å². The quantitative estimate of drug-likeness (QED) is 0.687. The third-order valence-corrected chi connectivity index (χ3v) is 3.75. The monoisotopic (exact) mass is 306 g/mol. The number of carbonyl (C=O) groups excluding carboxylic acids is 2. The van der Waals surface area contributed by atoms with E-state index in [0.717, 1.165) is 44.2 Å². The van der Waals surface area contributed by atoms with Crippen LogP contribution in [-0.2, 0) is 4.79 Å². The number of amides is 1. The molecule has 2 rings (SSSR count). The maximum Gasteiger partial charge on any atom is 0.245 e. The molecule has 116 valence electrons. The second kappa shape index (κ2) is 7.12. The number of hydrogen-bond donors (Lipinski definition) is 1. The summed E-state index contributed by atoms with van der Waals surface area (Å²) >= 11 is 0. The molecule has 0 unspecified atom stereocenters. The van der Waals surface area contributed by atoms with Crippen molar-refractivity contribution < 1.29 is 18.4 Å². The maximum absolute atomic E-state index is 13.2. The van der Waals surface area contributed by atoms with Gasteiger partial charge in [0.2, 0.25) is 5.91 Å². The molecule has 1 N–H and O–H groups in total. The van der Waals surface area contributed by atoms with Crippen LogP contribution in [0.15, 0.2) is 18.2 Å². The van der Waals surface area contributed by atoms with Crippen molar-refractivity contribution in [2.75, 3.05) is 0 Å². The van der Waals surface area contributed by atoms with Crippen molar-refractivity contribution in [3.05, 3.63) is 35.4 Å². The van der Waals surface area contributed by atoms with Crippen LogP contribution in [0.5, 0.6) is 0 Å². The Kier molecular flexibility index (Phi) is 5.21. The van der Waals surface area contributed by atoms with E-state index in [1.165, 1.54) is 0 Å². The summed E-state index contributed by atoms with van der Waals surface area (Å²) < 4.78 is 26.3.